The molecule has 3 heteroatoms. The highest BCUT2D eigenvalue weighted by atomic mass is 32.1. The van der Waals surface area contributed by atoms with Gasteiger partial charge in [-0.3, -0.25) is 0 Å². The maximum Gasteiger partial charge on any atom is 0.130 e. The van der Waals surface area contributed by atoms with Gasteiger partial charge in [0.2, 0.25) is 0 Å². The molecule has 0 aliphatic rings. The molecule has 0 saturated heterocycles. The van der Waals surface area contributed by atoms with Crippen LogP contribution in [0.4, 0.5) is 0 Å². The molecule has 0 aromatic rings. The van der Waals surface area contributed by atoms with Crippen molar-refractivity contribution in [1.29, 1.82) is 5.26 Å². The first-order chi connectivity index (χ1) is 2.83. The van der Waals surface area contributed by atoms with Gasteiger partial charge >= 0.3 is 0 Å². The van der Waals surface area contributed by atoms with Gasteiger partial charge in [0.25, 0.3) is 0 Å². The molecular weight excluding hydrogens is 96.1 g/mol. The molecule has 0 atom stereocenters. The molecule has 0 aliphatic carbocycles. The zero-order chi connectivity index (χ0) is 5.41. The number of hydrogen-bond donors (Lipinski definition) is 2. The molecule has 0 fully saturated rings. The summed E-state index contributed by atoms with van der Waals surface area (Å²) in [6.45, 7) is 2.65. The molecule has 0 bridgehead atoms. The fraction of sp³-hybridized carbons (Fsp3) is 0.667. The van der Waals surface area contributed by atoms with E-state index in [2.05, 4.69) is 12.6 Å². The molecule has 0 heterocycles. The first-order valence-electron chi connectivity index (χ1n) is 1.56. The number of nitrogens with two attached hydrogens (primary N) is 1. The molecule has 2 nitrogen and oxygen atoms in total. The Kier molecular flexibility index (Phi) is 33.0. The van der Waals surface area contributed by atoms with Crippen LogP contribution in [0.25, 0.3) is 0 Å². The van der Waals surface area contributed by atoms with Gasteiger partial charge in [-0.2, -0.15) is 5.26 Å². The van der Waals surface area contributed by atoms with Gasteiger partial charge in [-0.25, -0.2) is 0 Å². The summed E-state index contributed by atoms with van der Waals surface area (Å²) in [6, 6.07) is 0. The van der Waals surface area contributed by atoms with E-state index >= 15 is 0 Å². The Morgan fingerprint density at radius 2 is 2.00 bits per heavy atom. The van der Waals surface area contributed by atoms with Gasteiger partial charge in [0.15, 0.2) is 0 Å². The second kappa shape index (κ2) is 21.4. The van der Waals surface area contributed by atoms with E-state index in [4.69, 9.17) is 11.0 Å². The van der Waals surface area contributed by atoms with Gasteiger partial charge in [0, 0.05) is 0 Å². The van der Waals surface area contributed by atoms with E-state index in [-0.39, 0.29) is 0 Å². The highest BCUT2D eigenvalue weighted by Gasteiger charge is 1.32. The quantitative estimate of drug-likeness (QED) is 0.344. The molecule has 36 valence electrons. The zero-order valence-electron chi connectivity index (χ0n) is 3.68. The lowest BCUT2D eigenvalue weighted by molar-refractivity contribution is 1.14. The van der Waals surface area contributed by atoms with Gasteiger partial charge in [-0.1, -0.05) is 19.6 Å². The van der Waals surface area contributed by atoms with Crippen molar-refractivity contribution in [1.82, 2.24) is 0 Å². The lowest BCUT2D eigenvalue weighted by atomic mass is 10.8. The van der Waals surface area contributed by atoms with Crippen molar-refractivity contribution in [2.45, 2.75) is 6.92 Å². The number of rotatable bonds is 0. The van der Waals surface area contributed by atoms with Crippen molar-refractivity contribution in [3.63, 3.8) is 0 Å². The van der Waals surface area contributed by atoms with Crippen LogP contribution in [0.5, 0.6) is 0 Å². The average Bonchev–Trinajstić information content (AvgIpc) is 1.39. The average molecular weight is 104 g/mol. The topological polar surface area (TPSA) is 49.8 Å². The van der Waals surface area contributed by atoms with Crippen molar-refractivity contribution in [2.75, 3.05) is 6.54 Å². The van der Waals surface area contributed by atoms with Crippen molar-refractivity contribution in [2.24, 2.45) is 5.73 Å². The van der Waals surface area contributed by atoms with Gasteiger partial charge in [0.05, 0.1) is 0 Å². The molecule has 0 saturated carbocycles. The van der Waals surface area contributed by atoms with Gasteiger partial charge in [0.1, 0.15) is 5.40 Å². The smallest absolute Gasteiger partial charge is 0.130 e. The van der Waals surface area contributed by atoms with Crippen molar-refractivity contribution in [3.8, 4) is 5.40 Å². The summed E-state index contributed by atoms with van der Waals surface area (Å²) in [7, 11) is 0. The number of hydrogen-bond acceptors (Lipinski definition) is 3. The van der Waals surface area contributed by atoms with Crippen molar-refractivity contribution >= 4 is 12.6 Å². The minimum atomic E-state index is 0.750. The van der Waals surface area contributed by atoms with Crippen LogP contribution in [0.3, 0.4) is 0 Å². The van der Waals surface area contributed by atoms with Gasteiger partial charge < -0.3 is 5.73 Å². The summed E-state index contributed by atoms with van der Waals surface area (Å²) in [5, 5.41) is 8.63. The monoisotopic (exact) mass is 104 g/mol. The van der Waals surface area contributed by atoms with E-state index in [9.17, 15) is 0 Å². The molecule has 0 radical (unpaired) electrons. The van der Waals surface area contributed by atoms with Crippen LogP contribution < -0.4 is 5.73 Å². The number of nitrogens with zero attached hydrogens (tertiary/aromatic N) is 1. The minimum Gasteiger partial charge on any atom is -0.331 e. The Bertz CT molecular complexity index is 38.5. The lowest BCUT2D eigenvalue weighted by Gasteiger charge is -1.53. The van der Waals surface area contributed by atoms with Crippen LogP contribution in [0.1, 0.15) is 6.92 Å². The van der Waals surface area contributed by atoms with Gasteiger partial charge in [-0.15, -0.1) is 0 Å². The largest absolute Gasteiger partial charge is 0.331 e. The van der Waals surface area contributed by atoms with Crippen LogP contribution in [-0.2, 0) is 0 Å². The molecule has 6 heavy (non-hydrogen) atoms. The van der Waals surface area contributed by atoms with E-state index in [1.807, 2.05) is 6.92 Å². The molecule has 0 rings (SSSR count). The third kappa shape index (κ3) is 745. The molecule has 0 aromatic carbocycles. The second-order valence-corrected chi connectivity index (χ2v) is 0.708. The summed E-state index contributed by atoms with van der Waals surface area (Å²) in [5.74, 6) is 0. The van der Waals surface area contributed by atoms with Crippen LogP contribution in [0.15, 0.2) is 0 Å². The van der Waals surface area contributed by atoms with Crippen LogP contribution >= 0.6 is 12.6 Å². The predicted molar refractivity (Wildman–Crippen MR) is 29.3 cm³/mol. The fourth-order valence-electron chi connectivity index (χ4n) is 0. The number of thiol groups is 1. The Morgan fingerprint density at radius 1 is 2.00 bits per heavy atom. The predicted octanol–water partition coefficient (Wildman–Crippen LogP) is 0.362. The Labute approximate surface area is 43.4 Å². The van der Waals surface area contributed by atoms with Crippen LogP contribution in [0.2, 0.25) is 0 Å². The summed E-state index contributed by atoms with van der Waals surface area (Å²) < 4.78 is 0. The van der Waals surface area contributed by atoms with Crippen molar-refractivity contribution < 1.29 is 0 Å². The highest BCUT2D eigenvalue weighted by molar-refractivity contribution is 7.85. The van der Waals surface area contributed by atoms with Gasteiger partial charge in [-0.05, 0) is 6.54 Å². The molecule has 0 aliphatic heterocycles. The molecule has 0 aromatic heterocycles. The maximum absolute atomic E-state index is 7.18. The first kappa shape index (κ1) is 9.25. The highest BCUT2D eigenvalue weighted by Crippen LogP contribution is 1.46. The Hall–Kier alpha value is -0.200. The normalized spacial score (nSPS) is 4.33. The molecule has 2 N–H and O–H groups in total. The fourth-order valence-corrected chi connectivity index (χ4v) is 0. The summed E-state index contributed by atoms with van der Waals surface area (Å²) in [6.07, 6.45) is 0. The van der Waals surface area contributed by atoms with Crippen LogP contribution in [-0.4, -0.2) is 6.54 Å². The first-order valence-corrected chi connectivity index (χ1v) is 2.01. The minimum absolute atomic E-state index is 0.750. The third-order valence-electron chi connectivity index (χ3n) is 0. The molecule has 0 spiro atoms. The Morgan fingerprint density at radius 3 is 2.00 bits per heavy atom. The second-order valence-electron chi connectivity index (χ2n) is 0.508. The van der Waals surface area contributed by atoms with E-state index in [0.717, 1.165) is 6.54 Å². The molecular formula is C3H8N2S. The Balaban J connectivity index is 0. The molecule has 0 unspecified atom stereocenters. The number of nitriles is 1. The molecule has 0 amide bonds. The summed E-state index contributed by atoms with van der Waals surface area (Å²) in [4.78, 5) is 0. The van der Waals surface area contributed by atoms with E-state index in [1.54, 1.807) is 0 Å². The number of thiocyanates is 1. The SMILES string of the molecule is CCN.N#CS. The van der Waals surface area contributed by atoms with E-state index in [1.165, 1.54) is 5.40 Å². The van der Waals surface area contributed by atoms with Crippen LogP contribution in [0, 0.1) is 10.7 Å². The van der Waals surface area contributed by atoms with E-state index in [0.29, 0.717) is 0 Å². The van der Waals surface area contributed by atoms with E-state index < -0.39 is 0 Å². The maximum atomic E-state index is 7.18. The third-order valence-corrected chi connectivity index (χ3v) is 0. The summed E-state index contributed by atoms with van der Waals surface area (Å²) in [5.41, 5.74) is 4.85. The van der Waals surface area contributed by atoms with Crippen molar-refractivity contribution in [3.05, 3.63) is 0 Å². The zero-order valence-corrected chi connectivity index (χ0v) is 4.57. The lowest BCUT2D eigenvalue weighted by Crippen LogP contribution is -1.87. The summed E-state index contributed by atoms with van der Waals surface area (Å²) >= 11 is 3.09. The standard InChI is InChI=1S/C2H7N.CHNS/c1-2-3;2-1-3/h2-3H2,1H3;3H.